The number of ketones is 1. The van der Waals surface area contributed by atoms with Gasteiger partial charge in [0.25, 0.3) is 0 Å². The van der Waals surface area contributed by atoms with E-state index in [2.05, 4.69) is 66.1 Å². The molecular weight excluding hydrogens is 370 g/mol. The number of rotatable bonds is 2. The first-order valence-corrected chi connectivity index (χ1v) is 10.4. The summed E-state index contributed by atoms with van der Waals surface area (Å²) in [5.74, 6) is 1.12. The number of carbonyl (C=O) groups excluding carboxylic acids is 1. The zero-order valence-electron chi connectivity index (χ0n) is 17.2. The number of allylic oxidation sites excluding steroid dienone is 2. The Morgan fingerprint density at radius 2 is 1.80 bits per heavy atom. The fraction of sp³-hybridized carbons (Fsp3) is 0.269. The molecule has 4 heteroatoms. The summed E-state index contributed by atoms with van der Waals surface area (Å²) < 4.78 is 2.24. The summed E-state index contributed by atoms with van der Waals surface area (Å²) in [5.41, 5.74) is 5.60. The average molecular weight is 393 g/mol. The Morgan fingerprint density at radius 3 is 2.50 bits per heavy atom. The molecule has 5 rings (SSSR count). The lowest BCUT2D eigenvalue weighted by molar-refractivity contribution is -0.117. The van der Waals surface area contributed by atoms with E-state index in [0.29, 0.717) is 6.42 Å². The van der Waals surface area contributed by atoms with E-state index in [-0.39, 0.29) is 22.7 Å². The van der Waals surface area contributed by atoms with Gasteiger partial charge in [0.05, 0.1) is 11.3 Å². The van der Waals surface area contributed by atoms with Crippen molar-refractivity contribution in [1.82, 2.24) is 9.55 Å². The molecule has 2 aliphatic carbocycles. The molecule has 148 valence electrons. The maximum atomic E-state index is 12.3. The Bertz CT molecular complexity index is 1210. The highest BCUT2D eigenvalue weighted by Gasteiger charge is 2.46. The van der Waals surface area contributed by atoms with Gasteiger partial charge in [-0.1, -0.05) is 55.5 Å². The number of fused-ring (bicyclic) bond motifs is 3. The molecule has 0 N–H and O–H groups in total. The molecule has 0 bridgehead atoms. The summed E-state index contributed by atoms with van der Waals surface area (Å²) in [5, 5.41) is 9.41. The Morgan fingerprint density at radius 1 is 1.10 bits per heavy atom. The van der Waals surface area contributed by atoms with Gasteiger partial charge in [0.1, 0.15) is 11.9 Å². The third kappa shape index (κ3) is 2.74. The van der Waals surface area contributed by atoms with E-state index >= 15 is 0 Å². The fourth-order valence-corrected chi connectivity index (χ4v) is 5.13. The van der Waals surface area contributed by atoms with Crippen molar-refractivity contribution in [3.63, 3.8) is 0 Å². The maximum absolute atomic E-state index is 12.3. The molecule has 0 amide bonds. The monoisotopic (exact) mass is 393 g/mol. The molecule has 1 aromatic heterocycles. The number of hydrogen-bond acceptors (Lipinski definition) is 3. The number of hydrogen-bond donors (Lipinski definition) is 0. The average Bonchev–Trinajstić information content (AvgIpc) is 3.12. The van der Waals surface area contributed by atoms with E-state index in [9.17, 15) is 10.1 Å². The van der Waals surface area contributed by atoms with Crippen molar-refractivity contribution in [2.75, 3.05) is 0 Å². The van der Waals surface area contributed by atoms with Crippen LogP contribution in [0.4, 0.5) is 0 Å². The van der Waals surface area contributed by atoms with Gasteiger partial charge in [-0.05, 0) is 48.9 Å². The number of nitriles is 1. The molecule has 0 fully saturated rings. The number of aromatic nitrogens is 2. The Labute approximate surface area is 176 Å². The molecule has 2 atom stereocenters. The smallest absolute Gasteiger partial charge is 0.173 e. The van der Waals surface area contributed by atoms with Crippen LogP contribution in [0.3, 0.4) is 0 Å². The first-order valence-electron chi connectivity index (χ1n) is 10.4. The highest BCUT2D eigenvalue weighted by Crippen LogP contribution is 2.47. The van der Waals surface area contributed by atoms with E-state index < -0.39 is 0 Å². The molecule has 3 aromatic rings. The molecule has 0 spiro atoms. The first-order chi connectivity index (χ1) is 14.5. The number of nitrogens with zero attached hydrogens (tertiary/aromatic N) is 3. The highest BCUT2D eigenvalue weighted by molar-refractivity contribution is 6.00. The van der Waals surface area contributed by atoms with E-state index in [1.807, 2.05) is 19.1 Å². The summed E-state index contributed by atoms with van der Waals surface area (Å²) in [6, 6.07) is 21.0. The predicted molar refractivity (Wildman–Crippen MR) is 116 cm³/mol. The summed E-state index contributed by atoms with van der Waals surface area (Å²) in [6.07, 6.45) is 4.13. The lowest BCUT2D eigenvalue weighted by Gasteiger charge is -2.41. The zero-order chi connectivity index (χ0) is 20.9. The van der Waals surface area contributed by atoms with Crippen molar-refractivity contribution < 1.29 is 4.79 Å². The Hall–Kier alpha value is -3.45. The Kier molecular flexibility index (Phi) is 4.22. The van der Waals surface area contributed by atoms with E-state index in [1.165, 1.54) is 16.8 Å². The van der Waals surface area contributed by atoms with Crippen LogP contribution >= 0.6 is 0 Å². The van der Waals surface area contributed by atoms with Crippen LogP contribution in [-0.2, 0) is 16.6 Å². The van der Waals surface area contributed by atoms with Crippen LogP contribution in [0.5, 0.6) is 0 Å². The summed E-state index contributed by atoms with van der Waals surface area (Å²) >= 11 is 0. The topological polar surface area (TPSA) is 58.7 Å². The Balaban J connectivity index is 1.59. The maximum Gasteiger partial charge on any atom is 0.173 e. The van der Waals surface area contributed by atoms with E-state index in [1.54, 1.807) is 0 Å². The molecule has 0 saturated heterocycles. The van der Waals surface area contributed by atoms with Gasteiger partial charge in [-0.15, -0.1) is 0 Å². The highest BCUT2D eigenvalue weighted by atomic mass is 16.1. The van der Waals surface area contributed by atoms with Gasteiger partial charge in [0.2, 0.25) is 0 Å². The van der Waals surface area contributed by atoms with Crippen LogP contribution in [0.2, 0.25) is 0 Å². The van der Waals surface area contributed by atoms with Gasteiger partial charge < -0.3 is 4.57 Å². The van der Waals surface area contributed by atoms with Crippen molar-refractivity contribution in [1.29, 1.82) is 5.26 Å². The first kappa shape index (κ1) is 18.6. The van der Waals surface area contributed by atoms with Gasteiger partial charge in [0.15, 0.2) is 5.78 Å². The van der Waals surface area contributed by atoms with Crippen molar-refractivity contribution in [2.24, 2.45) is 5.92 Å². The molecule has 2 aliphatic rings. The minimum Gasteiger partial charge on any atom is -0.301 e. The lowest BCUT2D eigenvalue weighted by Crippen LogP contribution is -2.40. The standard InChI is InChI=1S/C26H23N3O/c1-17-28-25-23(13-10-21-14-24(30)20(16-27)15-26(21,25)2)29(17)22-11-8-19(9-12-22)18-6-4-3-5-7-18/h3-9,11-12,15,21H,10,13-14H2,1-2H3. The van der Waals surface area contributed by atoms with Crippen LogP contribution < -0.4 is 0 Å². The number of benzene rings is 2. The van der Waals surface area contributed by atoms with Gasteiger partial charge >= 0.3 is 0 Å². The molecule has 4 nitrogen and oxygen atoms in total. The van der Waals surface area contributed by atoms with Crippen molar-refractivity contribution in [3.8, 4) is 22.9 Å². The predicted octanol–water partition coefficient (Wildman–Crippen LogP) is 5.09. The third-order valence-corrected chi connectivity index (χ3v) is 6.76. The van der Waals surface area contributed by atoms with Crippen molar-refractivity contribution in [3.05, 3.63) is 83.5 Å². The molecule has 0 saturated carbocycles. The minimum absolute atomic E-state index is 0.0314. The van der Waals surface area contributed by atoms with Crippen LogP contribution in [0.1, 0.15) is 37.0 Å². The second kappa shape index (κ2) is 6.81. The second-order valence-corrected chi connectivity index (χ2v) is 8.52. The molecule has 2 unspecified atom stereocenters. The van der Waals surface area contributed by atoms with Crippen LogP contribution in [0.15, 0.2) is 66.2 Å². The SMILES string of the molecule is Cc1nc2c(n1-c1ccc(-c3ccccc3)cc1)CCC1CC(=O)C(C#N)=CC21C. The van der Waals surface area contributed by atoms with Gasteiger partial charge in [-0.3, -0.25) is 4.79 Å². The van der Waals surface area contributed by atoms with Crippen LogP contribution in [0.25, 0.3) is 16.8 Å². The quantitative estimate of drug-likeness (QED) is 0.609. The lowest BCUT2D eigenvalue weighted by atomic mass is 9.62. The third-order valence-electron chi connectivity index (χ3n) is 6.76. The largest absolute Gasteiger partial charge is 0.301 e. The molecule has 0 radical (unpaired) electrons. The molecular formula is C26H23N3O. The van der Waals surface area contributed by atoms with Crippen LogP contribution in [0, 0.1) is 24.2 Å². The molecule has 30 heavy (non-hydrogen) atoms. The van der Waals surface area contributed by atoms with E-state index in [0.717, 1.165) is 30.0 Å². The van der Waals surface area contributed by atoms with Gasteiger partial charge in [-0.25, -0.2) is 4.98 Å². The summed E-state index contributed by atoms with van der Waals surface area (Å²) in [6.45, 7) is 4.17. The summed E-state index contributed by atoms with van der Waals surface area (Å²) in [4.78, 5) is 17.2. The van der Waals surface area contributed by atoms with Gasteiger partial charge in [0, 0.05) is 23.2 Å². The zero-order valence-corrected chi connectivity index (χ0v) is 17.2. The van der Waals surface area contributed by atoms with Crippen molar-refractivity contribution >= 4 is 5.78 Å². The van der Waals surface area contributed by atoms with Crippen molar-refractivity contribution in [2.45, 2.75) is 38.5 Å². The van der Waals surface area contributed by atoms with E-state index in [4.69, 9.17) is 4.98 Å². The van der Waals surface area contributed by atoms with Crippen LogP contribution in [-0.4, -0.2) is 15.3 Å². The number of Topliss-reactive ketones (excluding diaryl/α,β-unsaturated/α-hetero) is 1. The number of imidazole rings is 1. The second-order valence-electron chi connectivity index (χ2n) is 8.52. The minimum atomic E-state index is -0.369. The normalized spacial score (nSPS) is 22.6. The number of aryl methyl sites for hydroxylation is 1. The molecule has 0 aliphatic heterocycles. The molecule has 2 aromatic carbocycles. The van der Waals surface area contributed by atoms with Gasteiger partial charge in [-0.2, -0.15) is 5.26 Å². The number of carbonyl (C=O) groups is 1. The summed E-state index contributed by atoms with van der Waals surface area (Å²) in [7, 11) is 0. The fourth-order valence-electron chi connectivity index (χ4n) is 5.13. The molecule has 1 heterocycles.